The molecule has 3 nitrogen and oxygen atoms in total. The van der Waals surface area contributed by atoms with E-state index < -0.39 is 0 Å². The molecule has 19 heavy (non-hydrogen) atoms. The number of hydrogen-bond donors (Lipinski definition) is 0. The number of benzene rings is 2. The Labute approximate surface area is 109 Å². The van der Waals surface area contributed by atoms with Crippen molar-refractivity contribution in [2.75, 3.05) is 0 Å². The van der Waals surface area contributed by atoms with Crippen molar-refractivity contribution in [2.24, 2.45) is 0 Å². The Morgan fingerprint density at radius 1 is 0.947 bits per heavy atom. The summed E-state index contributed by atoms with van der Waals surface area (Å²) in [5.41, 5.74) is 4.51. The van der Waals surface area contributed by atoms with Gasteiger partial charge in [-0.3, -0.25) is 4.40 Å². The Morgan fingerprint density at radius 3 is 2.53 bits per heavy atom. The number of pyridine rings is 1. The molecule has 0 saturated heterocycles. The Morgan fingerprint density at radius 2 is 1.68 bits per heavy atom. The van der Waals surface area contributed by atoms with Gasteiger partial charge in [-0.1, -0.05) is 30.3 Å². The highest BCUT2D eigenvalue weighted by Crippen LogP contribution is 2.25. The van der Waals surface area contributed by atoms with E-state index in [1.54, 1.807) is 0 Å². The molecular formula is C16H9N3. The molecule has 2 aromatic carbocycles. The molecule has 0 aliphatic heterocycles. The highest BCUT2D eigenvalue weighted by Gasteiger charge is 2.10. The molecule has 0 bridgehead atoms. The monoisotopic (exact) mass is 243 g/mol. The summed E-state index contributed by atoms with van der Waals surface area (Å²) >= 11 is 0. The zero-order valence-corrected chi connectivity index (χ0v) is 10.0. The molecule has 88 valence electrons. The van der Waals surface area contributed by atoms with E-state index in [1.165, 1.54) is 0 Å². The molecule has 0 aliphatic carbocycles. The van der Waals surface area contributed by atoms with Crippen LogP contribution in [0.2, 0.25) is 0 Å². The van der Waals surface area contributed by atoms with E-state index in [9.17, 15) is 5.26 Å². The minimum absolute atomic E-state index is 0.665. The Bertz CT molecular complexity index is 974. The second-order valence-corrected chi connectivity index (χ2v) is 4.48. The van der Waals surface area contributed by atoms with Gasteiger partial charge in [-0.15, -0.1) is 0 Å². The zero-order valence-electron chi connectivity index (χ0n) is 10.0. The minimum Gasteiger partial charge on any atom is -0.292 e. The number of aromatic nitrogens is 2. The molecule has 0 atom stereocenters. The standard InChI is InChI=1S/C16H9N3/c17-10-11-9-16-18-13-6-2-4-8-15(13)19(16)14-7-3-1-5-12(11)14/h1-9H. The third-order valence-corrected chi connectivity index (χ3v) is 3.42. The van der Waals surface area contributed by atoms with Crippen molar-refractivity contribution in [1.82, 2.24) is 9.38 Å². The van der Waals surface area contributed by atoms with Crippen molar-refractivity contribution < 1.29 is 0 Å². The lowest BCUT2D eigenvalue weighted by Crippen LogP contribution is -1.91. The molecule has 0 aliphatic rings. The first-order chi connectivity index (χ1) is 9.38. The molecular weight excluding hydrogens is 234 g/mol. The SMILES string of the molecule is N#Cc1cc2nc3ccccc3n2c2ccccc12. The number of para-hydroxylation sites is 3. The Kier molecular flexibility index (Phi) is 1.89. The third kappa shape index (κ3) is 1.28. The van der Waals surface area contributed by atoms with Gasteiger partial charge in [0.25, 0.3) is 0 Å². The van der Waals surface area contributed by atoms with Crippen LogP contribution in [0.4, 0.5) is 0 Å². The maximum atomic E-state index is 9.28. The molecule has 0 N–H and O–H groups in total. The van der Waals surface area contributed by atoms with Gasteiger partial charge in [-0.25, -0.2) is 4.98 Å². The van der Waals surface area contributed by atoms with E-state index in [-0.39, 0.29) is 0 Å². The van der Waals surface area contributed by atoms with Gasteiger partial charge in [0, 0.05) is 5.39 Å². The van der Waals surface area contributed by atoms with E-state index in [1.807, 2.05) is 54.6 Å². The summed E-state index contributed by atoms with van der Waals surface area (Å²) in [7, 11) is 0. The van der Waals surface area contributed by atoms with Crippen LogP contribution in [-0.2, 0) is 0 Å². The van der Waals surface area contributed by atoms with Crippen LogP contribution in [0.3, 0.4) is 0 Å². The summed E-state index contributed by atoms with van der Waals surface area (Å²) < 4.78 is 2.10. The van der Waals surface area contributed by atoms with Crippen LogP contribution in [0.1, 0.15) is 5.56 Å². The number of nitriles is 1. The lowest BCUT2D eigenvalue weighted by atomic mass is 10.1. The maximum absolute atomic E-state index is 9.28. The Hall–Kier alpha value is -2.86. The van der Waals surface area contributed by atoms with Crippen LogP contribution < -0.4 is 0 Å². The second kappa shape index (κ2) is 3.56. The van der Waals surface area contributed by atoms with Gasteiger partial charge in [0.2, 0.25) is 0 Å². The summed E-state index contributed by atoms with van der Waals surface area (Å²) in [4.78, 5) is 4.59. The molecule has 3 heteroatoms. The average Bonchev–Trinajstić information content (AvgIpc) is 2.84. The average molecular weight is 243 g/mol. The molecule has 0 radical (unpaired) electrons. The highest BCUT2D eigenvalue weighted by atomic mass is 15.0. The predicted molar refractivity (Wildman–Crippen MR) is 74.9 cm³/mol. The van der Waals surface area contributed by atoms with E-state index >= 15 is 0 Å². The second-order valence-electron chi connectivity index (χ2n) is 4.48. The summed E-state index contributed by atoms with van der Waals surface area (Å²) in [6.45, 7) is 0. The highest BCUT2D eigenvalue weighted by molar-refractivity contribution is 5.93. The quantitative estimate of drug-likeness (QED) is 0.474. The van der Waals surface area contributed by atoms with Crippen LogP contribution in [-0.4, -0.2) is 9.38 Å². The summed E-state index contributed by atoms with van der Waals surface area (Å²) in [5.74, 6) is 0. The molecule has 4 rings (SSSR count). The fourth-order valence-corrected chi connectivity index (χ4v) is 2.59. The Balaban J connectivity index is 2.38. The molecule has 0 spiro atoms. The fourth-order valence-electron chi connectivity index (χ4n) is 2.59. The van der Waals surface area contributed by atoms with E-state index in [0.717, 1.165) is 27.6 Å². The van der Waals surface area contributed by atoms with Gasteiger partial charge in [0.05, 0.1) is 28.2 Å². The number of nitrogens with zero attached hydrogens (tertiary/aromatic N) is 3. The van der Waals surface area contributed by atoms with Gasteiger partial charge >= 0.3 is 0 Å². The van der Waals surface area contributed by atoms with Crippen molar-refractivity contribution in [3.8, 4) is 6.07 Å². The van der Waals surface area contributed by atoms with Crippen LogP contribution >= 0.6 is 0 Å². The van der Waals surface area contributed by atoms with E-state index in [0.29, 0.717) is 5.56 Å². The largest absolute Gasteiger partial charge is 0.292 e. The molecule has 2 heterocycles. The number of fused-ring (bicyclic) bond motifs is 5. The zero-order chi connectivity index (χ0) is 12.8. The first kappa shape index (κ1) is 10.1. The molecule has 0 fully saturated rings. The normalized spacial score (nSPS) is 11.1. The number of rotatable bonds is 0. The first-order valence-electron chi connectivity index (χ1n) is 6.07. The molecule has 0 saturated carbocycles. The van der Waals surface area contributed by atoms with Gasteiger partial charge in [0.1, 0.15) is 5.65 Å². The summed E-state index contributed by atoms with van der Waals surface area (Å²) in [6, 6.07) is 20.1. The molecule has 2 aromatic heterocycles. The fraction of sp³-hybridized carbons (Fsp3) is 0. The van der Waals surface area contributed by atoms with E-state index in [2.05, 4.69) is 15.5 Å². The van der Waals surface area contributed by atoms with Crippen molar-refractivity contribution in [3.63, 3.8) is 0 Å². The first-order valence-corrected chi connectivity index (χ1v) is 6.07. The molecule has 0 amide bonds. The van der Waals surface area contributed by atoms with Crippen molar-refractivity contribution in [2.45, 2.75) is 0 Å². The third-order valence-electron chi connectivity index (χ3n) is 3.42. The van der Waals surface area contributed by atoms with Crippen LogP contribution in [0, 0.1) is 11.3 Å². The lowest BCUT2D eigenvalue weighted by molar-refractivity contribution is 1.29. The summed E-state index contributed by atoms with van der Waals surface area (Å²) in [6.07, 6.45) is 0. The smallest absolute Gasteiger partial charge is 0.139 e. The van der Waals surface area contributed by atoms with Crippen molar-refractivity contribution in [3.05, 3.63) is 60.2 Å². The van der Waals surface area contributed by atoms with E-state index in [4.69, 9.17) is 0 Å². The van der Waals surface area contributed by atoms with Gasteiger partial charge in [0.15, 0.2) is 0 Å². The minimum atomic E-state index is 0.665. The number of imidazole rings is 1. The van der Waals surface area contributed by atoms with Crippen LogP contribution in [0.5, 0.6) is 0 Å². The van der Waals surface area contributed by atoms with Crippen LogP contribution in [0.15, 0.2) is 54.6 Å². The lowest BCUT2D eigenvalue weighted by Gasteiger charge is -2.04. The van der Waals surface area contributed by atoms with Crippen molar-refractivity contribution in [1.29, 1.82) is 5.26 Å². The molecule has 4 aromatic rings. The van der Waals surface area contributed by atoms with Crippen molar-refractivity contribution >= 4 is 27.6 Å². The van der Waals surface area contributed by atoms with Gasteiger partial charge in [-0.05, 0) is 24.3 Å². The topological polar surface area (TPSA) is 41.1 Å². The summed E-state index contributed by atoms with van der Waals surface area (Å²) in [5, 5.41) is 10.2. The van der Waals surface area contributed by atoms with Gasteiger partial charge < -0.3 is 0 Å². The predicted octanol–water partition coefficient (Wildman–Crippen LogP) is 3.51. The van der Waals surface area contributed by atoms with Crippen LogP contribution in [0.25, 0.3) is 27.6 Å². The number of hydrogen-bond acceptors (Lipinski definition) is 2. The molecule has 0 unspecified atom stereocenters. The van der Waals surface area contributed by atoms with Gasteiger partial charge in [-0.2, -0.15) is 5.26 Å². The maximum Gasteiger partial charge on any atom is 0.139 e.